The van der Waals surface area contributed by atoms with Gasteiger partial charge in [0.1, 0.15) is 5.82 Å². The Morgan fingerprint density at radius 1 is 1.35 bits per heavy atom. The summed E-state index contributed by atoms with van der Waals surface area (Å²) in [5.74, 6) is 2.58. The third kappa shape index (κ3) is 2.52. The first kappa shape index (κ1) is 12.5. The Labute approximate surface area is 123 Å². The van der Waals surface area contributed by atoms with Gasteiger partial charge in [-0.2, -0.15) is 0 Å². The summed E-state index contributed by atoms with van der Waals surface area (Å²) in [6, 6.07) is 0. The van der Waals surface area contributed by atoms with Crippen LogP contribution in [0.1, 0.15) is 54.0 Å². The number of hydrogen-bond acceptors (Lipinski definition) is 4. The van der Waals surface area contributed by atoms with Crippen LogP contribution < -0.4 is 5.32 Å². The number of nitrogens with zero attached hydrogens (tertiary/aromatic N) is 3. The molecular weight excluding hydrogens is 268 g/mol. The Morgan fingerprint density at radius 3 is 3.20 bits per heavy atom. The van der Waals surface area contributed by atoms with Crippen LogP contribution in [0.3, 0.4) is 0 Å². The topological polar surface area (TPSA) is 42.7 Å². The van der Waals surface area contributed by atoms with Crippen LogP contribution in [0.5, 0.6) is 0 Å². The Balaban J connectivity index is 1.32. The van der Waals surface area contributed by atoms with Crippen LogP contribution >= 0.6 is 11.3 Å². The number of thiazole rings is 1. The van der Waals surface area contributed by atoms with Crippen LogP contribution in [0.2, 0.25) is 0 Å². The third-order valence-corrected chi connectivity index (χ3v) is 5.31. The lowest BCUT2D eigenvalue weighted by molar-refractivity contribution is 0.422. The molecule has 1 saturated carbocycles. The molecule has 0 unspecified atom stereocenters. The van der Waals surface area contributed by atoms with Crippen molar-refractivity contribution in [3.8, 4) is 0 Å². The van der Waals surface area contributed by atoms with Crippen molar-refractivity contribution in [3.05, 3.63) is 34.3 Å². The minimum atomic E-state index is 0.556. The van der Waals surface area contributed by atoms with Gasteiger partial charge < -0.3 is 9.88 Å². The van der Waals surface area contributed by atoms with Crippen LogP contribution in [0.25, 0.3) is 0 Å². The van der Waals surface area contributed by atoms with Crippen molar-refractivity contribution in [1.29, 1.82) is 0 Å². The average molecular weight is 288 g/mol. The van der Waals surface area contributed by atoms with E-state index in [1.807, 2.05) is 17.5 Å². The zero-order chi connectivity index (χ0) is 13.4. The van der Waals surface area contributed by atoms with Crippen molar-refractivity contribution in [2.24, 2.45) is 0 Å². The first-order chi connectivity index (χ1) is 9.90. The van der Waals surface area contributed by atoms with Crippen molar-refractivity contribution < 1.29 is 0 Å². The maximum absolute atomic E-state index is 4.72. The Morgan fingerprint density at radius 2 is 2.30 bits per heavy atom. The minimum absolute atomic E-state index is 0.556. The Hall–Kier alpha value is -1.20. The highest BCUT2D eigenvalue weighted by Crippen LogP contribution is 2.41. The molecule has 3 heterocycles. The van der Waals surface area contributed by atoms with Crippen molar-refractivity contribution >= 4 is 11.3 Å². The molecule has 2 aliphatic rings. The molecule has 0 bridgehead atoms. The normalized spacial score (nSPS) is 21.9. The largest absolute Gasteiger partial charge is 0.335 e. The van der Waals surface area contributed by atoms with E-state index in [0.717, 1.165) is 25.6 Å². The van der Waals surface area contributed by atoms with Gasteiger partial charge in [-0.1, -0.05) is 0 Å². The number of aromatic nitrogens is 3. The second-order valence-electron chi connectivity index (χ2n) is 5.90. The summed E-state index contributed by atoms with van der Waals surface area (Å²) < 4.78 is 2.30. The average Bonchev–Trinajstić information content (AvgIpc) is 3.01. The number of fused-ring (bicyclic) bond motifs is 1. The van der Waals surface area contributed by atoms with Gasteiger partial charge >= 0.3 is 0 Å². The molecule has 0 radical (unpaired) electrons. The molecule has 5 heteroatoms. The molecule has 1 fully saturated rings. The maximum Gasteiger partial charge on any atom is 0.113 e. The molecule has 4 nitrogen and oxygen atoms in total. The van der Waals surface area contributed by atoms with E-state index in [0.29, 0.717) is 5.92 Å². The molecule has 2 aromatic heterocycles. The molecule has 4 rings (SSSR count). The number of nitrogens with one attached hydrogen (secondary N) is 1. The first-order valence-electron chi connectivity index (χ1n) is 7.56. The van der Waals surface area contributed by atoms with E-state index < -0.39 is 0 Å². The Bertz CT molecular complexity index is 584. The van der Waals surface area contributed by atoms with Gasteiger partial charge in [0.25, 0.3) is 0 Å². The number of imidazole rings is 1. The van der Waals surface area contributed by atoms with Crippen LogP contribution in [0.4, 0.5) is 0 Å². The zero-order valence-electron chi connectivity index (χ0n) is 11.6. The standard InChI is InChI=1S/C15H20N4S/c1-2-12(14-17-5-7-19(14)6-1)8-16-9-13-10-20-15(18-13)11-3-4-11/h5,7,10-12,16H,1-4,6,8-9H2/t12-/m1/s1. The van der Waals surface area contributed by atoms with E-state index in [1.165, 1.54) is 42.2 Å². The van der Waals surface area contributed by atoms with E-state index in [4.69, 9.17) is 4.98 Å². The summed E-state index contributed by atoms with van der Waals surface area (Å²) in [5, 5.41) is 7.12. The molecule has 20 heavy (non-hydrogen) atoms. The second kappa shape index (κ2) is 5.30. The highest BCUT2D eigenvalue weighted by atomic mass is 32.1. The molecule has 1 aliphatic heterocycles. The molecule has 0 amide bonds. The summed E-state index contributed by atoms with van der Waals surface area (Å²) in [7, 11) is 0. The van der Waals surface area contributed by atoms with Crippen molar-refractivity contribution in [2.45, 2.75) is 50.6 Å². The van der Waals surface area contributed by atoms with Crippen molar-refractivity contribution in [2.75, 3.05) is 6.54 Å². The quantitative estimate of drug-likeness (QED) is 0.920. The number of aryl methyl sites for hydroxylation is 1. The molecule has 1 aliphatic carbocycles. The molecule has 2 aromatic rings. The molecule has 0 aromatic carbocycles. The fourth-order valence-corrected chi connectivity index (χ4v) is 3.99. The van der Waals surface area contributed by atoms with Crippen LogP contribution in [0, 0.1) is 0 Å². The summed E-state index contributed by atoms with van der Waals surface area (Å²) in [4.78, 5) is 9.23. The summed E-state index contributed by atoms with van der Waals surface area (Å²) in [6.45, 7) is 3.02. The predicted molar refractivity (Wildman–Crippen MR) is 80.0 cm³/mol. The smallest absolute Gasteiger partial charge is 0.113 e. The van der Waals surface area contributed by atoms with Gasteiger partial charge in [-0.15, -0.1) is 11.3 Å². The lowest BCUT2D eigenvalue weighted by Gasteiger charge is -2.23. The monoisotopic (exact) mass is 288 g/mol. The molecule has 1 atom stereocenters. The molecule has 1 N–H and O–H groups in total. The van der Waals surface area contributed by atoms with Crippen molar-refractivity contribution in [3.63, 3.8) is 0 Å². The lowest BCUT2D eigenvalue weighted by atomic mass is 9.99. The van der Waals surface area contributed by atoms with Gasteiger partial charge in [0.15, 0.2) is 0 Å². The summed E-state index contributed by atoms with van der Waals surface area (Å²) >= 11 is 1.83. The van der Waals surface area contributed by atoms with E-state index in [1.54, 1.807) is 0 Å². The highest BCUT2D eigenvalue weighted by molar-refractivity contribution is 7.09. The first-order valence-corrected chi connectivity index (χ1v) is 8.44. The van der Waals surface area contributed by atoms with E-state index in [9.17, 15) is 0 Å². The van der Waals surface area contributed by atoms with Gasteiger partial charge in [-0.25, -0.2) is 9.97 Å². The predicted octanol–water partition coefficient (Wildman–Crippen LogP) is 2.88. The van der Waals surface area contributed by atoms with Crippen LogP contribution in [-0.4, -0.2) is 21.1 Å². The SMILES string of the molecule is c1cn2c(n1)[C@@H](CNCc1csc(C3CC3)n1)CCC2. The van der Waals surface area contributed by atoms with Crippen LogP contribution in [-0.2, 0) is 13.1 Å². The molecular formula is C15H20N4S. The lowest BCUT2D eigenvalue weighted by Crippen LogP contribution is -2.26. The van der Waals surface area contributed by atoms with E-state index in [2.05, 4.69) is 26.4 Å². The molecule has 106 valence electrons. The summed E-state index contributed by atoms with van der Waals surface area (Å²) in [6.07, 6.45) is 9.21. The maximum atomic E-state index is 4.72. The van der Waals surface area contributed by atoms with Gasteiger partial charge in [0.05, 0.1) is 10.7 Å². The Kier molecular flexibility index (Phi) is 3.32. The van der Waals surface area contributed by atoms with Gasteiger partial charge in [0.2, 0.25) is 0 Å². The van der Waals surface area contributed by atoms with E-state index in [-0.39, 0.29) is 0 Å². The second-order valence-corrected chi connectivity index (χ2v) is 6.79. The minimum Gasteiger partial charge on any atom is -0.335 e. The number of hydrogen-bond donors (Lipinski definition) is 1. The molecule has 0 spiro atoms. The van der Waals surface area contributed by atoms with E-state index >= 15 is 0 Å². The van der Waals surface area contributed by atoms with Crippen LogP contribution in [0.15, 0.2) is 17.8 Å². The zero-order valence-corrected chi connectivity index (χ0v) is 12.4. The summed E-state index contributed by atoms with van der Waals surface area (Å²) in [5.41, 5.74) is 1.20. The van der Waals surface area contributed by atoms with Gasteiger partial charge in [0, 0.05) is 49.2 Å². The van der Waals surface area contributed by atoms with Crippen molar-refractivity contribution in [1.82, 2.24) is 19.9 Å². The van der Waals surface area contributed by atoms with Gasteiger partial charge in [-0.3, -0.25) is 0 Å². The third-order valence-electron chi connectivity index (χ3n) is 4.26. The van der Waals surface area contributed by atoms with Gasteiger partial charge in [-0.05, 0) is 25.7 Å². The highest BCUT2D eigenvalue weighted by Gasteiger charge is 2.26. The fourth-order valence-electron chi connectivity index (χ4n) is 3.00. The molecule has 0 saturated heterocycles. The number of rotatable bonds is 5. The fraction of sp³-hybridized carbons (Fsp3) is 0.600.